The average Bonchev–Trinajstić information content (AvgIpc) is 3.19. The smallest absolute Gasteiger partial charge is 0.412 e. The van der Waals surface area contributed by atoms with Crippen LogP contribution in [0.25, 0.3) is 16.6 Å². The molecule has 1 aliphatic rings. The summed E-state index contributed by atoms with van der Waals surface area (Å²) in [6.45, 7) is 8.42. The molecule has 1 atom stereocenters. The second-order valence-electron chi connectivity index (χ2n) is 10.6. The van der Waals surface area contributed by atoms with Crippen LogP contribution in [0.5, 0.6) is 5.75 Å². The van der Waals surface area contributed by atoms with Crippen molar-refractivity contribution in [2.24, 2.45) is 5.92 Å². The number of rotatable bonds is 6. The van der Waals surface area contributed by atoms with E-state index < -0.39 is 11.7 Å². The van der Waals surface area contributed by atoms with Crippen molar-refractivity contribution in [1.82, 2.24) is 19.5 Å². The maximum atomic E-state index is 12.3. The van der Waals surface area contributed by atoms with E-state index in [1.807, 2.05) is 37.4 Å². The Balaban J connectivity index is 1.70. The number of nitrogen functional groups attached to an aromatic ring is 1. The Morgan fingerprint density at radius 2 is 2.06 bits per heavy atom. The van der Waals surface area contributed by atoms with E-state index in [9.17, 15) is 4.79 Å². The Hall–Kier alpha value is -3.53. The van der Waals surface area contributed by atoms with Gasteiger partial charge in [-0.25, -0.2) is 14.3 Å². The molecular formula is C26H37N7O3. The minimum atomic E-state index is -0.601. The molecule has 0 radical (unpaired) electrons. The molecule has 3 N–H and O–H groups in total. The number of benzene rings is 1. The number of methoxy groups -OCH3 is 1. The van der Waals surface area contributed by atoms with E-state index in [1.165, 1.54) is 12.7 Å². The zero-order valence-corrected chi connectivity index (χ0v) is 22.0. The molecule has 10 heteroatoms. The molecule has 3 aromatic rings. The number of aromatic nitrogens is 3. The number of nitrogens with one attached hydrogen (secondary N) is 1. The van der Waals surface area contributed by atoms with Gasteiger partial charge >= 0.3 is 6.09 Å². The van der Waals surface area contributed by atoms with Crippen molar-refractivity contribution < 1.29 is 14.3 Å². The summed E-state index contributed by atoms with van der Waals surface area (Å²) in [5.41, 5.74) is 8.81. The Morgan fingerprint density at radius 3 is 2.75 bits per heavy atom. The van der Waals surface area contributed by atoms with Gasteiger partial charge in [-0.2, -0.15) is 5.10 Å². The number of nitrogens with zero attached hydrogens (tertiary/aromatic N) is 5. The lowest BCUT2D eigenvalue weighted by Crippen LogP contribution is -2.40. The van der Waals surface area contributed by atoms with Gasteiger partial charge in [-0.15, -0.1) is 0 Å². The number of carbonyl (C=O) groups excluding carboxylic acids is 1. The van der Waals surface area contributed by atoms with E-state index in [0.29, 0.717) is 23.2 Å². The normalized spacial score (nSPS) is 16.4. The molecule has 1 fully saturated rings. The third kappa shape index (κ3) is 5.64. The fraction of sp³-hybridized carbons (Fsp3) is 0.500. The van der Waals surface area contributed by atoms with Crippen LogP contribution in [-0.2, 0) is 4.74 Å². The second kappa shape index (κ2) is 10.2. The molecule has 0 saturated carbocycles. The molecule has 1 saturated heterocycles. The van der Waals surface area contributed by atoms with Gasteiger partial charge in [-0.1, -0.05) is 6.07 Å². The van der Waals surface area contributed by atoms with Crippen molar-refractivity contribution in [1.29, 1.82) is 0 Å². The Kier molecular flexibility index (Phi) is 7.26. The summed E-state index contributed by atoms with van der Waals surface area (Å²) in [4.78, 5) is 21.2. The minimum absolute atomic E-state index is 0.406. The van der Waals surface area contributed by atoms with Crippen molar-refractivity contribution >= 4 is 28.9 Å². The largest absolute Gasteiger partial charge is 0.495 e. The predicted molar refractivity (Wildman–Crippen MR) is 143 cm³/mol. The number of piperidine rings is 1. The topological polar surface area (TPSA) is 110 Å². The molecule has 1 amide bonds. The van der Waals surface area contributed by atoms with E-state index in [2.05, 4.69) is 45.4 Å². The molecule has 1 aromatic carbocycles. The fourth-order valence-corrected chi connectivity index (χ4v) is 4.81. The molecule has 3 heterocycles. The number of nitrogens with two attached hydrogens (primary N) is 1. The first-order chi connectivity index (χ1) is 17.1. The summed E-state index contributed by atoms with van der Waals surface area (Å²) >= 11 is 0. The molecule has 2 aromatic heterocycles. The Morgan fingerprint density at radius 1 is 1.28 bits per heavy atom. The van der Waals surface area contributed by atoms with Crippen LogP contribution in [0.3, 0.4) is 0 Å². The van der Waals surface area contributed by atoms with E-state index in [4.69, 9.17) is 15.2 Å². The van der Waals surface area contributed by atoms with Gasteiger partial charge in [0.2, 0.25) is 0 Å². The maximum Gasteiger partial charge on any atom is 0.412 e. The van der Waals surface area contributed by atoms with E-state index >= 15 is 0 Å². The molecule has 4 rings (SSSR count). The van der Waals surface area contributed by atoms with E-state index in [1.54, 1.807) is 13.2 Å². The van der Waals surface area contributed by atoms with Crippen LogP contribution in [-0.4, -0.2) is 72.0 Å². The highest BCUT2D eigenvalue weighted by molar-refractivity contribution is 5.93. The van der Waals surface area contributed by atoms with Gasteiger partial charge in [0, 0.05) is 25.2 Å². The highest BCUT2D eigenvalue weighted by atomic mass is 16.6. The van der Waals surface area contributed by atoms with Gasteiger partial charge < -0.3 is 25.0 Å². The van der Waals surface area contributed by atoms with Crippen molar-refractivity contribution in [3.05, 3.63) is 30.6 Å². The monoisotopic (exact) mass is 495 g/mol. The lowest BCUT2D eigenvalue weighted by molar-refractivity contribution is 0.0635. The third-order valence-electron chi connectivity index (χ3n) is 6.18. The third-order valence-corrected chi connectivity index (χ3v) is 6.18. The molecule has 0 spiro atoms. The van der Waals surface area contributed by atoms with E-state index in [0.717, 1.165) is 48.5 Å². The van der Waals surface area contributed by atoms with Crippen LogP contribution in [0.15, 0.2) is 30.6 Å². The molecule has 0 unspecified atom stereocenters. The fourth-order valence-electron chi connectivity index (χ4n) is 4.81. The SMILES string of the molecule is COc1cc(-c2cc(N3CCC[C@H](CN(C)C)C3)n3ncnc(N)c23)ccc1NC(=O)OC(C)(C)C. The molecular weight excluding hydrogens is 458 g/mol. The summed E-state index contributed by atoms with van der Waals surface area (Å²) in [7, 11) is 5.80. The first-order valence-electron chi connectivity index (χ1n) is 12.3. The number of hydrogen-bond donors (Lipinski definition) is 2. The van der Waals surface area contributed by atoms with Crippen LogP contribution in [0.1, 0.15) is 33.6 Å². The number of anilines is 3. The lowest BCUT2D eigenvalue weighted by atomic mass is 9.97. The predicted octanol–water partition coefficient (Wildman–Crippen LogP) is 4.11. The first kappa shape index (κ1) is 25.6. The second-order valence-corrected chi connectivity index (χ2v) is 10.6. The summed E-state index contributed by atoms with van der Waals surface area (Å²) < 4.78 is 12.9. The quantitative estimate of drug-likeness (QED) is 0.526. The van der Waals surface area contributed by atoms with Gasteiger partial charge in [0.25, 0.3) is 0 Å². The number of amides is 1. The lowest BCUT2D eigenvalue weighted by Gasteiger charge is -2.35. The molecule has 10 nitrogen and oxygen atoms in total. The molecule has 194 valence electrons. The summed E-state index contributed by atoms with van der Waals surface area (Å²) in [6.07, 6.45) is 3.29. The number of carbonyl (C=O) groups is 1. The number of ether oxygens (including phenoxy) is 2. The zero-order chi connectivity index (χ0) is 26.0. The summed E-state index contributed by atoms with van der Waals surface area (Å²) in [5.74, 6) is 2.49. The Labute approximate surface area is 212 Å². The molecule has 0 bridgehead atoms. The first-order valence-corrected chi connectivity index (χ1v) is 12.3. The van der Waals surface area contributed by atoms with Crippen LogP contribution in [0, 0.1) is 5.92 Å². The van der Waals surface area contributed by atoms with Gasteiger partial charge in [0.15, 0.2) is 5.82 Å². The highest BCUT2D eigenvalue weighted by Gasteiger charge is 2.26. The molecule has 0 aliphatic carbocycles. The maximum absolute atomic E-state index is 12.3. The standard InChI is InChI=1S/C26H37N7O3/c1-26(2,3)36-25(34)30-20-10-9-18(12-21(20)35-6)19-13-22(33-23(19)24(27)28-16-29-33)32-11-7-8-17(15-32)14-31(4)5/h9-10,12-13,16-17H,7-8,11,14-15H2,1-6H3,(H,30,34)(H2,27,28,29)/t17-/m1/s1. The van der Waals surface area contributed by atoms with Gasteiger partial charge in [-0.05, 0) is 77.4 Å². The zero-order valence-electron chi connectivity index (χ0n) is 22.0. The summed E-state index contributed by atoms with van der Waals surface area (Å²) in [5, 5.41) is 7.32. The van der Waals surface area contributed by atoms with Crippen LogP contribution in [0.2, 0.25) is 0 Å². The van der Waals surface area contributed by atoms with Crippen molar-refractivity contribution in [2.45, 2.75) is 39.2 Å². The van der Waals surface area contributed by atoms with Crippen molar-refractivity contribution in [3.63, 3.8) is 0 Å². The van der Waals surface area contributed by atoms with E-state index in [-0.39, 0.29) is 0 Å². The van der Waals surface area contributed by atoms with Crippen LogP contribution < -0.4 is 20.7 Å². The van der Waals surface area contributed by atoms with Crippen LogP contribution in [0.4, 0.5) is 22.1 Å². The van der Waals surface area contributed by atoms with Gasteiger partial charge in [-0.3, -0.25) is 5.32 Å². The van der Waals surface area contributed by atoms with Crippen LogP contribution >= 0.6 is 0 Å². The van der Waals surface area contributed by atoms with Gasteiger partial charge in [0.1, 0.15) is 29.0 Å². The average molecular weight is 496 g/mol. The van der Waals surface area contributed by atoms with Crippen molar-refractivity contribution in [3.8, 4) is 16.9 Å². The Bertz CT molecular complexity index is 1230. The molecule has 36 heavy (non-hydrogen) atoms. The highest BCUT2D eigenvalue weighted by Crippen LogP contribution is 2.38. The summed E-state index contributed by atoms with van der Waals surface area (Å²) in [6, 6.07) is 7.72. The minimum Gasteiger partial charge on any atom is -0.495 e. The van der Waals surface area contributed by atoms with Gasteiger partial charge in [0.05, 0.1) is 12.8 Å². The molecule has 1 aliphatic heterocycles. The number of hydrogen-bond acceptors (Lipinski definition) is 8. The number of fused-ring (bicyclic) bond motifs is 1. The van der Waals surface area contributed by atoms with Crippen molar-refractivity contribution in [2.75, 3.05) is 56.8 Å².